The molecule has 1 aliphatic carbocycles. The van der Waals surface area contributed by atoms with Gasteiger partial charge in [0.1, 0.15) is 6.42 Å². The highest BCUT2D eigenvalue weighted by atomic mass is 16.2. The number of anilines is 1. The number of rotatable bonds is 5. The fourth-order valence-electron chi connectivity index (χ4n) is 2.64. The summed E-state index contributed by atoms with van der Waals surface area (Å²) >= 11 is 0. The molecule has 2 aromatic carbocycles. The summed E-state index contributed by atoms with van der Waals surface area (Å²) in [5, 5.41) is 2.77. The van der Waals surface area contributed by atoms with Crippen LogP contribution < -0.4 is 5.32 Å². The van der Waals surface area contributed by atoms with Gasteiger partial charge in [0, 0.05) is 17.3 Å². The second-order valence-electron chi connectivity index (χ2n) is 6.51. The van der Waals surface area contributed by atoms with Crippen molar-refractivity contribution in [3.63, 3.8) is 0 Å². The predicted octanol–water partition coefficient (Wildman–Crippen LogP) is 3.37. The molecule has 0 aromatic heterocycles. The minimum Gasteiger partial charge on any atom is -0.328 e. The Labute approximate surface area is 154 Å². The summed E-state index contributed by atoms with van der Waals surface area (Å²) in [6, 6.07) is 17.4. The Kier molecular flexibility index (Phi) is 5.70. The smallest absolute Gasteiger partial charge is 0.233 e. The average Bonchev–Trinajstić information content (AvgIpc) is 3.46. The summed E-state index contributed by atoms with van der Waals surface area (Å²) in [5.41, 5.74) is 2.75. The summed E-state index contributed by atoms with van der Waals surface area (Å²) in [5.74, 6) is 5.66. The van der Waals surface area contributed by atoms with Gasteiger partial charge in [-0.3, -0.25) is 9.59 Å². The lowest BCUT2D eigenvalue weighted by Crippen LogP contribution is -2.35. The zero-order valence-corrected chi connectivity index (χ0v) is 14.9. The van der Waals surface area contributed by atoms with Gasteiger partial charge >= 0.3 is 0 Å². The first-order valence-corrected chi connectivity index (χ1v) is 8.82. The maximum Gasteiger partial charge on any atom is 0.233 e. The number of amides is 2. The van der Waals surface area contributed by atoms with E-state index >= 15 is 0 Å². The van der Waals surface area contributed by atoms with Gasteiger partial charge in [-0.2, -0.15) is 0 Å². The van der Waals surface area contributed by atoms with Crippen molar-refractivity contribution in [2.24, 2.45) is 0 Å². The molecule has 4 nitrogen and oxygen atoms in total. The second-order valence-corrected chi connectivity index (χ2v) is 6.51. The van der Waals surface area contributed by atoms with E-state index in [2.05, 4.69) is 17.2 Å². The van der Waals surface area contributed by atoms with Crippen LogP contribution in [0.1, 0.15) is 30.4 Å². The largest absolute Gasteiger partial charge is 0.328 e. The van der Waals surface area contributed by atoms with Gasteiger partial charge in [-0.25, -0.2) is 0 Å². The lowest BCUT2D eigenvalue weighted by atomic mass is 10.2. The third kappa shape index (κ3) is 5.22. The Morgan fingerprint density at radius 1 is 1.08 bits per heavy atom. The first kappa shape index (κ1) is 17.8. The quantitative estimate of drug-likeness (QED) is 0.667. The van der Waals surface area contributed by atoms with E-state index in [4.69, 9.17) is 0 Å². The first-order valence-electron chi connectivity index (χ1n) is 8.82. The molecule has 2 aromatic rings. The van der Waals surface area contributed by atoms with Crippen molar-refractivity contribution >= 4 is 17.5 Å². The van der Waals surface area contributed by atoms with Crippen LogP contribution in [0.25, 0.3) is 0 Å². The molecule has 1 fully saturated rings. The fraction of sp³-hybridized carbons (Fsp3) is 0.273. The summed E-state index contributed by atoms with van der Waals surface area (Å²) in [6.45, 7) is 2.34. The molecule has 132 valence electrons. The molecule has 3 rings (SSSR count). The number of benzene rings is 2. The summed E-state index contributed by atoms with van der Waals surface area (Å²) in [7, 11) is 0. The minimum atomic E-state index is -0.291. The maximum atomic E-state index is 12.5. The van der Waals surface area contributed by atoms with Crippen LogP contribution in [0.15, 0.2) is 54.6 Å². The Balaban J connectivity index is 1.56. The fourth-order valence-corrected chi connectivity index (χ4v) is 2.64. The maximum absolute atomic E-state index is 12.5. The Hall–Kier alpha value is -3.06. The molecule has 0 radical (unpaired) electrons. The van der Waals surface area contributed by atoms with Gasteiger partial charge in [-0.15, -0.1) is 0 Å². The van der Waals surface area contributed by atoms with Crippen LogP contribution in [0.5, 0.6) is 0 Å². The molecule has 1 saturated carbocycles. The topological polar surface area (TPSA) is 49.4 Å². The van der Waals surface area contributed by atoms with E-state index in [-0.39, 0.29) is 24.3 Å². The molecule has 1 aliphatic rings. The monoisotopic (exact) mass is 346 g/mol. The average molecular weight is 346 g/mol. The molecule has 4 heteroatoms. The summed E-state index contributed by atoms with van der Waals surface area (Å²) in [4.78, 5) is 26.4. The van der Waals surface area contributed by atoms with Crippen LogP contribution in [0.4, 0.5) is 5.69 Å². The van der Waals surface area contributed by atoms with Gasteiger partial charge in [-0.05, 0) is 44.0 Å². The molecule has 2 amide bonds. The van der Waals surface area contributed by atoms with E-state index in [1.165, 1.54) is 0 Å². The van der Waals surface area contributed by atoms with Gasteiger partial charge in [0.25, 0.3) is 0 Å². The lowest BCUT2D eigenvalue weighted by molar-refractivity contribution is -0.134. The van der Waals surface area contributed by atoms with Crippen LogP contribution >= 0.6 is 0 Å². The molecule has 1 N–H and O–H groups in total. The van der Waals surface area contributed by atoms with E-state index in [1.54, 1.807) is 4.90 Å². The van der Waals surface area contributed by atoms with E-state index in [0.29, 0.717) is 12.2 Å². The highest BCUT2D eigenvalue weighted by Crippen LogP contribution is 2.27. The van der Waals surface area contributed by atoms with Crippen LogP contribution in [0, 0.1) is 18.8 Å². The van der Waals surface area contributed by atoms with Gasteiger partial charge in [0.05, 0.1) is 6.54 Å². The second kappa shape index (κ2) is 8.35. The van der Waals surface area contributed by atoms with Crippen LogP contribution in [-0.2, 0) is 9.59 Å². The van der Waals surface area contributed by atoms with E-state index in [9.17, 15) is 9.59 Å². The zero-order chi connectivity index (χ0) is 18.4. The highest BCUT2D eigenvalue weighted by molar-refractivity contribution is 6.03. The molecule has 0 saturated heterocycles. The Morgan fingerprint density at radius 3 is 2.42 bits per heavy atom. The van der Waals surface area contributed by atoms with Crippen LogP contribution in [0.3, 0.4) is 0 Å². The third-order valence-corrected chi connectivity index (χ3v) is 4.21. The third-order valence-electron chi connectivity index (χ3n) is 4.21. The lowest BCUT2D eigenvalue weighted by Gasteiger charge is -2.19. The van der Waals surface area contributed by atoms with Crippen molar-refractivity contribution in [1.29, 1.82) is 0 Å². The summed E-state index contributed by atoms with van der Waals surface area (Å²) < 4.78 is 0. The standard InChI is InChI=1S/C22H22N2O2/c1-17-9-11-19(12-10-17)23-21(25)16-22(26)24(20-13-14-20)15-5-8-18-6-3-2-4-7-18/h2-4,6-7,9-12,20H,13-16H2,1H3,(H,23,25). The number of carbonyl (C=O) groups excluding carboxylic acids is 2. The Bertz CT molecular complexity index is 828. The van der Waals surface area contributed by atoms with Gasteiger partial charge in [-0.1, -0.05) is 47.7 Å². The van der Waals surface area contributed by atoms with E-state index in [0.717, 1.165) is 24.0 Å². The van der Waals surface area contributed by atoms with Crippen molar-refractivity contribution in [3.8, 4) is 11.8 Å². The van der Waals surface area contributed by atoms with Crippen LogP contribution in [0.2, 0.25) is 0 Å². The van der Waals surface area contributed by atoms with Crippen molar-refractivity contribution in [2.75, 3.05) is 11.9 Å². The number of nitrogens with one attached hydrogen (secondary N) is 1. The zero-order valence-electron chi connectivity index (χ0n) is 14.9. The minimum absolute atomic E-state index is 0.155. The van der Waals surface area contributed by atoms with Crippen LogP contribution in [-0.4, -0.2) is 29.3 Å². The molecule has 0 heterocycles. The predicted molar refractivity (Wildman–Crippen MR) is 102 cm³/mol. The normalized spacial score (nSPS) is 12.7. The summed E-state index contributed by atoms with van der Waals surface area (Å²) in [6.07, 6.45) is 1.81. The van der Waals surface area contributed by atoms with Gasteiger partial charge in [0.15, 0.2) is 0 Å². The Morgan fingerprint density at radius 2 is 1.77 bits per heavy atom. The van der Waals surface area contributed by atoms with Crippen molar-refractivity contribution < 1.29 is 9.59 Å². The molecule has 0 bridgehead atoms. The van der Waals surface area contributed by atoms with Gasteiger partial charge in [0.2, 0.25) is 11.8 Å². The number of nitrogens with zero attached hydrogens (tertiary/aromatic N) is 1. The SMILES string of the molecule is Cc1ccc(NC(=O)CC(=O)N(CC#Cc2ccccc2)C2CC2)cc1. The molecule has 0 aliphatic heterocycles. The number of carbonyl (C=O) groups is 2. The first-order chi connectivity index (χ1) is 12.6. The van der Waals surface area contributed by atoms with E-state index < -0.39 is 0 Å². The molecular weight excluding hydrogens is 324 g/mol. The molecule has 26 heavy (non-hydrogen) atoms. The van der Waals surface area contributed by atoms with Gasteiger partial charge < -0.3 is 10.2 Å². The van der Waals surface area contributed by atoms with Crippen molar-refractivity contribution in [2.45, 2.75) is 32.2 Å². The molecule has 0 unspecified atom stereocenters. The molecule has 0 spiro atoms. The van der Waals surface area contributed by atoms with Crippen molar-refractivity contribution in [3.05, 3.63) is 65.7 Å². The number of aryl methyl sites for hydroxylation is 1. The number of hydrogen-bond donors (Lipinski definition) is 1. The molecular formula is C22H22N2O2. The number of hydrogen-bond acceptors (Lipinski definition) is 2. The highest BCUT2D eigenvalue weighted by Gasteiger charge is 2.32. The van der Waals surface area contributed by atoms with E-state index in [1.807, 2.05) is 61.5 Å². The molecule has 0 atom stereocenters. The van der Waals surface area contributed by atoms with Crippen molar-refractivity contribution in [1.82, 2.24) is 4.90 Å².